The van der Waals surface area contributed by atoms with Crippen molar-refractivity contribution in [3.05, 3.63) is 98.4 Å². The number of ether oxygens (including phenoxy) is 1. The minimum absolute atomic E-state index is 0.0552. The van der Waals surface area contributed by atoms with Gasteiger partial charge in [-0.05, 0) is 42.0 Å². The first-order valence-corrected chi connectivity index (χ1v) is 17.2. The summed E-state index contributed by atoms with van der Waals surface area (Å²) in [6.07, 6.45) is 5.23. The van der Waals surface area contributed by atoms with E-state index < -0.39 is 22.9 Å². The van der Waals surface area contributed by atoms with Gasteiger partial charge in [-0.2, -0.15) is 4.40 Å². The first-order chi connectivity index (χ1) is 21.1. The number of thioether (sulfide) groups is 1. The molecule has 1 saturated heterocycles. The minimum Gasteiger partial charge on any atom is -0.456 e. The van der Waals surface area contributed by atoms with Gasteiger partial charge in [0.15, 0.2) is 0 Å². The Morgan fingerprint density at radius 3 is 2.61 bits per heavy atom. The molecule has 0 spiro atoms. The quantitative estimate of drug-likeness (QED) is 0.0462. The zero-order valence-corrected chi connectivity index (χ0v) is 27.4. The second kappa shape index (κ2) is 12.1. The van der Waals surface area contributed by atoms with Crippen LogP contribution in [-0.2, 0) is 32.8 Å². The number of imidazole rings is 1. The fourth-order valence-corrected chi connectivity index (χ4v) is 8.72. The van der Waals surface area contributed by atoms with Crippen molar-refractivity contribution >= 4 is 67.0 Å². The number of aliphatic hydroxyl groups excluding tert-OH is 1. The normalized spacial score (nSPS) is 20.2. The number of nitro groups is 1. The first kappa shape index (κ1) is 30.5. The number of benzene rings is 2. The highest BCUT2D eigenvalue weighted by molar-refractivity contribution is 9.08. The molecule has 2 aliphatic heterocycles. The second-order valence-electron chi connectivity index (χ2n) is 11.0. The number of esters is 1. The number of nitrogens with zero attached hydrogens (tertiary/aromatic N) is 4. The predicted octanol–water partition coefficient (Wildman–Crippen LogP) is 5.17. The van der Waals surface area contributed by atoms with Gasteiger partial charge in [0.25, 0.3) is 12.0 Å². The van der Waals surface area contributed by atoms with E-state index in [1.165, 1.54) is 40.3 Å². The van der Waals surface area contributed by atoms with Gasteiger partial charge in [-0.15, -0.1) is 0 Å². The van der Waals surface area contributed by atoms with Crippen molar-refractivity contribution in [3.8, 4) is 0 Å². The number of β-lactam (4-membered cyclic amide) rings is 1. The zero-order chi connectivity index (χ0) is 31.3. The lowest BCUT2D eigenvalue weighted by Gasteiger charge is -2.46. The average Bonchev–Trinajstić information content (AvgIpc) is 3.62. The second-order valence-corrected chi connectivity index (χ2v) is 13.4. The number of carbonyl (C=O) groups is 2. The smallest absolute Gasteiger partial charge is 0.355 e. The maximum Gasteiger partial charge on any atom is 0.355 e. The molecule has 0 radical (unpaired) electrons. The number of carbonyl (C=O) groups excluding carboxylic acids is 2. The lowest BCUT2D eigenvalue weighted by atomic mass is 9.77. The number of alkyl halides is 1. The largest absolute Gasteiger partial charge is 0.456 e. The van der Waals surface area contributed by atoms with Crippen molar-refractivity contribution in [1.29, 1.82) is 0 Å². The summed E-state index contributed by atoms with van der Waals surface area (Å²) in [5.74, 6) is -1.76. The maximum atomic E-state index is 13.7. The Hall–Kier alpha value is -3.52. The van der Waals surface area contributed by atoms with Crippen LogP contribution in [0.1, 0.15) is 35.4 Å². The molecule has 0 bridgehead atoms. The molecule has 10 nitrogen and oxygen atoms in total. The average molecular weight is 699 g/mol. The van der Waals surface area contributed by atoms with Crippen LogP contribution in [0, 0.1) is 22.0 Å². The molecule has 0 saturated carbocycles. The number of fused-ring (bicyclic) bond motifs is 2. The van der Waals surface area contributed by atoms with Crippen LogP contribution in [0.5, 0.6) is 0 Å². The van der Waals surface area contributed by atoms with Crippen molar-refractivity contribution in [2.45, 2.75) is 49.5 Å². The van der Waals surface area contributed by atoms with E-state index in [4.69, 9.17) is 4.74 Å². The van der Waals surface area contributed by atoms with Gasteiger partial charge < -0.3 is 14.7 Å². The number of non-ortho nitro benzene ring substituents is 1. The van der Waals surface area contributed by atoms with Crippen molar-refractivity contribution in [3.63, 3.8) is 0 Å². The Morgan fingerprint density at radius 2 is 1.95 bits per heavy atom. The highest BCUT2D eigenvalue weighted by Gasteiger charge is 2.60. The van der Waals surface area contributed by atoms with Crippen LogP contribution >= 0.6 is 39.0 Å². The molecule has 1 N–H and O–H groups in total. The van der Waals surface area contributed by atoms with Crippen molar-refractivity contribution in [2.75, 3.05) is 6.26 Å². The molecule has 13 heteroatoms. The third kappa shape index (κ3) is 5.25. The molecular formula is C31H30BrN4O6S2+. The summed E-state index contributed by atoms with van der Waals surface area (Å²) in [4.78, 5) is 40.8. The predicted molar refractivity (Wildman–Crippen MR) is 170 cm³/mol. The molecule has 2 aromatic carbocycles. The number of thiazole rings is 1. The van der Waals surface area contributed by atoms with E-state index in [-0.39, 0.29) is 35.9 Å². The number of halogens is 1. The van der Waals surface area contributed by atoms with Crippen LogP contribution in [0.2, 0.25) is 0 Å². The molecule has 0 unspecified atom stereocenters. The number of aromatic nitrogens is 2. The maximum absolute atomic E-state index is 13.7. The van der Waals surface area contributed by atoms with Gasteiger partial charge in [-0.3, -0.25) is 14.9 Å². The molecule has 44 heavy (non-hydrogen) atoms. The van der Waals surface area contributed by atoms with E-state index in [0.717, 1.165) is 25.6 Å². The Morgan fingerprint density at radius 1 is 1.23 bits per heavy atom. The Balaban J connectivity index is 1.34. The van der Waals surface area contributed by atoms with Crippen LogP contribution < -0.4 is 4.57 Å². The Kier molecular flexibility index (Phi) is 8.40. The highest BCUT2D eigenvalue weighted by Crippen LogP contribution is 2.52. The molecule has 4 aromatic rings. The van der Waals surface area contributed by atoms with Crippen LogP contribution in [0.15, 0.2) is 71.8 Å². The summed E-state index contributed by atoms with van der Waals surface area (Å²) in [5, 5.41) is 23.3. The number of rotatable bonds is 10. The SMILES string of the molecule is CSc1c2sc(C3=C(C(=O)OCc4ccc([N+](=O)[O-])cc4)N4C(=O)[C@H]([C@@H](C)O)[C@@H]4[C@H]3C)cn2c[n+]1Cc1cccc(CBr)c1. The third-order valence-corrected chi connectivity index (χ3v) is 11.0. The zero-order valence-electron chi connectivity index (χ0n) is 24.2. The van der Waals surface area contributed by atoms with E-state index in [1.807, 2.05) is 25.7 Å². The van der Waals surface area contributed by atoms with Crippen LogP contribution in [0.25, 0.3) is 10.4 Å². The first-order valence-electron chi connectivity index (χ1n) is 14.0. The lowest BCUT2D eigenvalue weighted by molar-refractivity contribution is -0.721. The molecule has 6 rings (SSSR count). The lowest BCUT2D eigenvalue weighted by Crippen LogP contribution is -2.63. The summed E-state index contributed by atoms with van der Waals surface area (Å²) in [5.41, 5.74) is 3.85. The topological polar surface area (TPSA) is 118 Å². The summed E-state index contributed by atoms with van der Waals surface area (Å²) >= 11 is 6.73. The van der Waals surface area contributed by atoms with E-state index in [0.29, 0.717) is 12.1 Å². The van der Waals surface area contributed by atoms with Gasteiger partial charge in [0, 0.05) is 29.0 Å². The number of nitro benzene ring substituents is 1. The minimum atomic E-state index is -0.855. The van der Waals surface area contributed by atoms with Crippen LogP contribution in [-0.4, -0.2) is 49.6 Å². The summed E-state index contributed by atoms with van der Waals surface area (Å²) in [7, 11) is 0. The van der Waals surface area contributed by atoms with Crippen molar-refractivity contribution in [2.24, 2.45) is 11.8 Å². The molecular weight excluding hydrogens is 668 g/mol. The van der Waals surface area contributed by atoms with Crippen LogP contribution in [0.4, 0.5) is 5.69 Å². The van der Waals surface area contributed by atoms with Gasteiger partial charge in [0.1, 0.15) is 25.0 Å². The van der Waals surface area contributed by atoms with Gasteiger partial charge in [-0.1, -0.05) is 70.2 Å². The fraction of sp³-hybridized carbons (Fsp3) is 0.323. The van der Waals surface area contributed by atoms with Crippen molar-refractivity contribution < 1.29 is 28.9 Å². The summed E-state index contributed by atoms with van der Waals surface area (Å²) in [6, 6.07) is 13.9. The van der Waals surface area contributed by atoms with E-state index in [2.05, 4.69) is 49.2 Å². The Bertz CT molecular complexity index is 1820. The summed E-state index contributed by atoms with van der Waals surface area (Å²) in [6.45, 7) is 4.19. The van der Waals surface area contributed by atoms with Gasteiger partial charge in [0.05, 0.1) is 27.9 Å². The fourth-order valence-electron chi connectivity index (χ4n) is 6.20. The van der Waals surface area contributed by atoms with Gasteiger partial charge >= 0.3 is 5.97 Å². The van der Waals surface area contributed by atoms with Crippen LogP contribution in [0.3, 0.4) is 0 Å². The monoisotopic (exact) mass is 697 g/mol. The molecule has 4 atom stereocenters. The number of hydrogen-bond acceptors (Lipinski definition) is 8. The van der Waals surface area contributed by atoms with Crippen molar-refractivity contribution in [1.82, 2.24) is 9.30 Å². The van der Waals surface area contributed by atoms with Gasteiger partial charge in [0.2, 0.25) is 15.8 Å². The third-order valence-electron chi connectivity index (χ3n) is 8.24. The number of aliphatic hydroxyl groups is 1. The molecule has 2 aliphatic rings. The van der Waals surface area contributed by atoms with E-state index >= 15 is 0 Å². The molecule has 1 fully saturated rings. The molecule has 2 aromatic heterocycles. The molecule has 228 valence electrons. The highest BCUT2D eigenvalue weighted by atomic mass is 79.9. The molecule has 4 heterocycles. The Labute approximate surface area is 270 Å². The van der Waals surface area contributed by atoms with Gasteiger partial charge in [-0.25, -0.2) is 9.36 Å². The van der Waals surface area contributed by atoms with E-state index in [1.54, 1.807) is 30.0 Å². The van der Waals surface area contributed by atoms with E-state index in [9.17, 15) is 24.8 Å². The molecule has 1 amide bonds. The summed E-state index contributed by atoms with van der Waals surface area (Å²) < 4.78 is 9.94. The number of amides is 1. The number of hydrogen-bond donors (Lipinski definition) is 1. The molecule has 0 aliphatic carbocycles. The standard InChI is InChI=1S/C31H30BrN4O6S2/c1-17-24(23-14-34-16-33(29(43-3)30(34)44-23)13-21-6-4-5-20(11-21)12-32)27(35-26(17)25(18(2)37)28(35)38)31(39)42-15-19-7-9-22(10-8-19)36(40)41/h4-11,14,16-18,25-26,37H,12-13,15H2,1-3H3/q+1/t17-,18+,25+,26-/m0/s1.